The highest BCUT2D eigenvalue weighted by molar-refractivity contribution is 7.99. The van der Waals surface area contributed by atoms with Crippen LogP contribution in [0, 0.1) is 0 Å². The molecule has 0 aromatic heterocycles. The number of amides is 2. The number of para-hydroxylation sites is 1. The Kier molecular flexibility index (Phi) is 4.33. The van der Waals surface area contributed by atoms with Gasteiger partial charge in [-0.15, -0.1) is 0 Å². The molecule has 3 rings (SSSR count). The molecule has 1 aromatic rings. The molecule has 2 aliphatic heterocycles. The Bertz CT molecular complexity index is 599. The summed E-state index contributed by atoms with van der Waals surface area (Å²) in [5, 5.41) is 1.41. The van der Waals surface area contributed by atoms with Gasteiger partial charge in [0.15, 0.2) is 0 Å². The highest BCUT2D eigenvalue weighted by atomic mass is 32.2. The lowest BCUT2D eigenvalue weighted by Crippen LogP contribution is -2.59. The van der Waals surface area contributed by atoms with Crippen LogP contribution in [0.1, 0.15) is 6.92 Å². The van der Waals surface area contributed by atoms with Crippen molar-refractivity contribution in [1.29, 1.82) is 0 Å². The molecule has 22 heavy (non-hydrogen) atoms. The Morgan fingerprint density at radius 1 is 1.27 bits per heavy atom. The Morgan fingerprint density at radius 3 is 2.64 bits per heavy atom. The highest BCUT2D eigenvalue weighted by Gasteiger charge is 2.32. The van der Waals surface area contributed by atoms with Crippen LogP contribution in [0.25, 0.3) is 0 Å². The van der Waals surface area contributed by atoms with Crippen LogP contribution in [0.4, 0.5) is 5.69 Å². The number of carbonyl (C=O) groups is 2. The lowest BCUT2D eigenvalue weighted by atomic mass is 10.2. The van der Waals surface area contributed by atoms with Crippen molar-refractivity contribution >= 4 is 35.1 Å². The summed E-state index contributed by atoms with van der Waals surface area (Å²) in [6.07, 6.45) is 0. The maximum Gasteiger partial charge on any atom is 0.290 e. The van der Waals surface area contributed by atoms with Crippen molar-refractivity contribution in [3.05, 3.63) is 30.3 Å². The molecular weight excluding hydrogens is 300 g/mol. The lowest BCUT2D eigenvalue weighted by Gasteiger charge is -2.33. The zero-order chi connectivity index (χ0) is 15.5. The number of nitrogens with zero attached hydrogens (tertiary/aromatic N) is 3. The van der Waals surface area contributed by atoms with E-state index >= 15 is 0 Å². The second kappa shape index (κ2) is 6.39. The Labute approximate surface area is 133 Å². The van der Waals surface area contributed by atoms with Crippen LogP contribution >= 0.6 is 11.8 Å². The van der Waals surface area contributed by atoms with Gasteiger partial charge in [0.25, 0.3) is 11.8 Å². The van der Waals surface area contributed by atoms with Crippen LogP contribution in [0.2, 0.25) is 0 Å². The second-order valence-corrected chi connectivity index (χ2v) is 6.40. The third kappa shape index (κ3) is 2.94. The van der Waals surface area contributed by atoms with E-state index in [2.05, 4.69) is 10.4 Å². The smallest absolute Gasteiger partial charge is 0.290 e. The summed E-state index contributed by atoms with van der Waals surface area (Å²) in [6, 6.07) is 8.66. The summed E-state index contributed by atoms with van der Waals surface area (Å²) < 4.78 is 0. The number of amidine groups is 1. The fourth-order valence-electron chi connectivity index (χ4n) is 2.41. The van der Waals surface area contributed by atoms with Crippen LogP contribution < -0.4 is 10.4 Å². The van der Waals surface area contributed by atoms with Gasteiger partial charge in [-0.1, -0.05) is 18.2 Å². The minimum Gasteiger partial charge on any atom is -0.334 e. The van der Waals surface area contributed by atoms with E-state index in [1.165, 1.54) is 5.01 Å². The Hall–Kier alpha value is -2.02. The molecule has 6 nitrogen and oxygen atoms in total. The molecule has 0 radical (unpaired) electrons. The van der Waals surface area contributed by atoms with Gasteiger partial charge in [-0.05, 0) is 19.1 Å². The first kappa shape index (κ1) is 14.9. The zero-order valence-electron chi connectivity index (χ0n) is 12.4. The minimum absolute atomic E-state index is 0.138. The number of hydrogen-bond donors (Lipinski definition) is 1. The molecule has 0 saturated carbocycles. The number of nitrogens with one attached hydrogen (secondary N) is 1. The predicted molar refractivity (Wildman–Crippen MR) is 87.9 cm³/mol. The van der Waals surface area contributed by atoms with E-state index in [0.717, 1.165) is 24.6 Å². The first-order chi connectivity index (χ1) is 10.7. The van der Waals surface area contributed by atoms with E-state index in [1.807, 2.05) is 42.1 Å². The minimum atomic E-state index is -0.570. The van der Waals surface area contributed by atoms with Crippen molar-refractivity contribution in [2.75, 3.05) is 29.6 Å². The third-order valence-electron chi connectivity index (χ3n) is 3.63. The largest absolute Gasteiger partial charge is 0.334 e. The first-order valence-corrected chi connectivity index (χ1v) is 8.43. The summed E-state index contributed by atoms with van der Waals surface area (Å²) in [6.45, 7) is 3.15. The summed E-state index contributed by atoms with van der Waals surface area (Å²) in [5.74, 6) is 1.81. The fourth-order valence-corrected chi connectivity index (χ4v) is 3.32. The van der Waals surface area contributed by atoms with Gasteiger partial charge in [0.1, 0.15) is 6.04 Å². The van der Waals surface area contributed by atoms with Gasteiger partial charge in [-0.25, -0.2) is 10.0 Å². The number of anilines is 1. The van der Waals surface area contributed by atoms with Crippen LogP contribution in [0.5, 0.6) is 0 Å². The van der Waals surface area contributed by atoms with E-state index in [1.54, 1.807) is 11.8 Å². The van der Waals surface area contributed by atoms with Gasteiger partial charge in [0.2, 0.25) is 5.84 Å². The third-order valence-corrected chi connectivity index (χ3v) is 4.58. The van der Waals surface area contributed by atoms with Gasteiger partial charge in [0, 0.05) is 24.6 Å². The topological polar surface area (TPSA) is 65.0 Å². The molecule has 1 aromatic carbocycles. The fraction of sp³-hybridized carbons (Fsp3) is 0.400. The summed E-state index contributed by atoms with van der Waals surface area (Å²) >= 11 is 1.84. The molecule has 0 bridgehead atoms. The molecule has 1 saturated heterocycles. The van der Waals surface area contributed by atoms with Gasteiger partial charge < -0.3 is 4.90 Å². The molecule has 0 spiro atoms. The maximum absolute atomic E-state index is 12.6. The summed E-state index contributed by atoms with van der Waals surface area (Å²) in [7, 11) is 0. The maximum atomic E-state index is 12.6. The quantitative estimate of drug-likeness (QED) is 0.880. The number of rotatable bonds is 2. The lowest BCUT2D eigenvalue weighted by molar-refractivity contribution is -0.124. The SMILES string of the molecule is C[C@H]1N=C(C(=O)N2CCSCC2)NN(c2ccccc2)C1=O. The average molecular weight is 318 g/mol. The first-order valence-electron chi connectivity index (χ1n) is 7.27. The molecule has 1 N–H and O–H groups in total. The number of aliphatic imine (C=N–C) groups is 1. The van der Waals surface area contributed by atoms with Gasteiger partial charge in [-0.3, -0.25) is 15.0 Å². The van der Waals surface area contributed by atoms with Crippen molar-refractivity contribution in [2.45, 2.75) is 13.0 Å². The van der Waals surface area contributed by atoms with E-state index in [9.17, 15) is 9.59 Å². The van der Waals surface area contributed by atoms with Crippen LogP contribution in [0.15, 0.2) is 35.3 Å². The molecular formula is C15H18N4O2S. The number of hydrazine groups is 1. The van der Waals surface area contributed by atoms with E-state index < -0.39 is 6.04 Å². The average Bonchev–Trinajstić information content (AvgIpc) is 2.58. The molecule has 2 amide bonds. The molecule has 2 aliphatic rings. The highest BCUT2D eigenvalue weighted by Crippen LogP contribution is 2.17. The molecule has 0 aliphatic carbocycles. The number of carbonyl (C=O) groups excluding carboxylic acids is 2. The van der Waals surface area contributed by atoms with E-state index in [0.29, 0.717) is 5.69 Å². The molecule has 7 heteroatoms. The van der Waals surface area contributed by atoms with Gasteiger partial charge >= 0.3 is 0 Å². The van der Waals surface area contributed by atoms with Crippen molar-refractivity contribution in [2.24, 2.45) is 4.99 Å². The van der Waals surface area contributed by atoms with Gasteiger partial charge in [0.05, 0.1) is 5.69 Å². The Balaban J connectivity index is 1.82. The van der Waals surface area contributed by atoms with Crippen molar-refractivity contribution < 1.29 is 9.59 Å². The number of thioether (sulfide) groups is 1. The van der Waals surface area contributed by atoms with E-state index in [-0.39, 0.29) is 17.6 Å². The molecule has 116 valence electrons. The molecule has 1 fully saturated rings. The molecule has 0 unspecified atom stereocenters. The van der Waals surface area contributed by atoms with E-state index in [4.69, 9.17) is 0 Å². The summed E-state index contributed by atoms with van der Waals surface area (Å²) in [4.78, 5) is 30.9. The standard InChI is InChI=1S/C15H18N4O2S/c1-11-14(20)19(12-5-3-2-4-6-12)17-13(16-11)15(21)18-7-9-22-10-8-18/h2-6,11H,7-10H2,1H3,(H,16,17)/t11-/m1/s1. The van der Waals surface area contributed by atoms with Crippen LogP contribution in [0.3, 0.4) is 0 Å². The Morgan fingerprint density at radius 2 is 1.95 bits per heavy atom. The van der Waals surface area contributed by atoms with Crippen LogP contribution in [-0.4, -0.2) is 53.2 Å². The van der Waals surface area contributed by atoms with Crippen molar-refractivity contribution in [1.82, 2.24) is 10.3 Å². The zero-order valence-corrected chi connectivity index (χ0v) is 13.2. The summed E-state index contributed by atoms with van der Waals surface area (Å²) in [5.41, 5.74) is 3.59. The predicted octanol–water partition coefficient (Wildman–Crippen LogP) is 0.900. The number of benzene rings is 1. The van der Waals surface area contributed by atoms with Gasteiger partial charge in [-0.2, -0.15) is 11.8 Å². The molecule has 1 atom stereocenters. The second-order valence-electron chi connectivity index (χ2n) is 5.18. The number of hydrogen-bond acceptors (Lipinski definition) is 5. The van der Waals surface area contributed by atoms with Crippen molar-refractivity contribution in [3.8, 4) is 0 Å². The molecule has 2 heterocycles. The van der Waals surface area contributed by atoms with Crippen molar-refractivity contribution in [3.63, 3.8) is 0 Å². The van der Waals surface area contributed by atoms with Crippen LogP contribution in [-0.2, 0) is 9.59 Å². The normalized spacial score (nSPS) is 22.1. The monoisotopic (exact) mass is 318 g/mol.